The minimum absolute atomic E-state index is 0.240. The number of carbonyl (C=O) groups is 2. The van der Waals surface area contributed by atoms with Crippen molar-refractivity contribution in [1.82, 2.24) is 10.2 Å². The Labute approximate surface area is 119 Å². The summed E-state index contributed by atoms with van der Waals surface area (Å²) in [7, 11) is 0. The number of urea groups is 1. The van der Waals surface area contributed by atoms with Crippen LogP contribution in [0.4, 0.5) is 4.79 Å². The van der Waals surface area contributed by atoms with Gasteiger partial charge in [-0.05, 0) is 37.5 Å². The van der Waals surface area contributed by atoms with Crippen molar-refractivity contribution >= 4 is 12.0 Å². The number of amides is 2. The molecule has 2 amide bonds. The Morgan fingerprint density at radius 3 is 2.65 bits per heavy atom. The van der Waals surface area contributed by atoms with Gasteiger partial charge in [-0.2, -0.15) is 0 Å². The summed E-state index contributed by atoms with van der Waals surface area (Å²) in [5.41, 5.74) is 0. The molecule has 2 saturated heterocycles. The molecule has 0 aliphatic carbocycles. The SMILES string of the molecule is CC1CCN(C(=O)NCC2CCOCC2)C(C(=O)O)C1. The molecule has 114 valence electrons. The molecule has 2 rings (SSSR count). The van der Waals surface area contributed by atoms with Crippen LogP contribution in [-0.2, 0) is 9.53 Å². The first kappa shape index (κ1) is 15.1. The zero-order chi connectivity index (χ0) is 14.5. The molecule has 6 heteroatoms. The third-order valence-electron chi connectivity index (χ3n) is 4.29. The van der Waals surface area contributed by atoms with Gasteiger partial charge in [-0.15, -0.1) is 0 Å². The van der Waals surface area contributed by atoms with Gasteiger partial charge in [-0.25, -0.2) is 9.59 Å². The summed E-state index contributed by atoms with van der Waals surface area (Å²) in [6.45, 7) is 4.67. The minimum atomic E-state index is -0.905. The van der Waals surface area contributed by atoms with Crippen LogP contribution in [0.5, 0.6) is 0 Å². The summed E-state index contributed by atoms with van der Waals surface area (Å²) < 4.78 is 5.28. The number of hydrogen-bond donors (Lipinski definition) is 2. The summed E-state index contributed by atoms with van der Waals surface area (Å²) in [5.74, 6) is -0.104. The third kappa shape index (κ3) is 3.85. The highest BCUT2D eigenvalue weighted by Gasteiger charge is 2.34. The molecule has 0 bridgehead atoms. The molecule has 0 saturated carbocycles. The number of nitrogens with one attached hydrogen (secondary N) is 1. The van der Waals surface area contributed by atoms with Gasteiger partial charge in [0.15, 0.2) is 0 Å². The van der Waals surface area contributed by atoms with E-state index in [4.69, 9.17) is 4.74 Å². The standard InChI is InChI=1S/C14H24N2O4/c1-10-2-5-16(12(8-10)13(17)18)14(19)15-9-11-3-6-20-7-4-11/h10-12H,2-9H2,1H3,(H,15,19)(H,17,18). The van der Waals surface area contributed by atoms with E-state index in [0.29, 0.717) is 31.3 Å². The Bertz CT molecular complexity index is 355. The molecule has 6 nitrogen and oxygen atoms in total. The quantitative estimate of drug-likeness (QED) is 0.819. The van der Waals surface area contributed by atoms with Crippen molar-refractivity contribution in [1.29, 1.82) is 0 Å². The van der Waals surface area contributed by atoms with E-state index in [2.05, 4.69) is 5.32 Å². The smallest absolute Gasteiger partial charge is 0.326 e. The van der Waals surface area contributed by atoms with Crippen molar-refractivity contribution < 1.29 is 19.4 Å². The second-order valence-corrected chi connectivity index (χ2v) is 5.92. The van der Waals surface area contributed by atoms with Crippen LogP contribution in [0.1, 0.15) is 32.6 Å². The average Bonchev–Trinajstić information content (AvgIpc) is 2.45. The van der Waals surface area contributed by atoms with Crippen molar-refractivity contribution in [2.75, 3.05) is 26.3 Å². The molecular weight excluding hydrogens is 260 g/mol. The molecular formula is C14H24N2O4. The molecule has 2 aliphatic heterocycles. The molecule has 2 fully saturated rings. The highest BCUT2D eigenvalue weighted by atomic mass is 16.5. The van der Waals surface area contributed by atoms with E-state index in [1.165, 1.54) is 4.90 Å². The summed E-state index contributed by atoms with van der Waals surface area (Å²) in [6.07, 6.45) is 3.33. The lowest BCUT2D eigenvalue weighted by Crippen LogP contribution is -2.53. The van der Waals surface area contributed by atoms with Crippen LogP contribution in [0.25, 0.3) is 0 Å². The van der Waals surface area contributed by atoms with E-state index < -0.39 is 12.0 Å². The number of nitrogens with zero attached hydrogens (tertiary/aromatic N) is 1. The maximum atomic E-state index is 12.2. The zero-order valence-corrected chi connectivity index (χ0v) is 12.0. The Kier molecular flexibility index (Phi) is 5.23. The highest BCUT2D eigenvalue weighted by molar-refractivity contribution is 5.82. The molecule has 0 aromatic heterocycles. The van der Waals surface area contributed by atoms with Gasteiger partial charge >= 0.3 is 12.0 Å². The summed E-state index contributed by atoms with van der Waals surface area (Å²) >= 11 is 0. The molecule has 2 N–H and O–H groups in total. The van der Waals surface area contributed by atoms with Crippen LogP contribution in [0.15, 0.2) is 0 Å². The van der Waals surface area contributed by atoms with Crippen molar-refractivity contribution in [3.63, 3.8) is 0 Å². The molecule has 2 heterocycles. The molecule has 0 radical (unpaired) electrons. The number of aliphatic carboxylic acids is 1. The van der Waals surface area contributed by atoms with Crippen LogP contribution in [0.2, 0.25) is 0 Å². The molecule has 2 aliphatic rings. The van der Waals surface area contributed by atoms with Gasteiger partial charge in [-0.1, -0.05) is 6.92 Å². The van der Waals surface area contributed by atoms with Gasteiger partial charge in [0.25, 0.3) is 0 Å². The van der Waals surface area contributed by atoms with E-state index in [1.54, 1.807) is 0 Å². The second-order valence-electron chi connectivity index (χ2n) is 5.92. The molecule has 20 heavy (non-hydrogen) atoms. The number of rotatable bonds is 3. The van der Waals surface area contributed by atoms with Crippen LogP contribution < -0.4 is 5.32 Å². The number of hydrogen-bond acceptors (Lipinski definition) is 3. The van der Waals surface area contributed by atoms with Crippen molar-refractivity contribution in [2.45, 2.75) is 38.6 Å². The van der Waals surface area contributed by atoms with E-state index >= 15 is 0 Å². The second kappa shape index (κ2) is 6.92. The van der Waals surface area contributed by atoms with Crippen LogP contribution in [0, 0.1) is 11.8 Å². The fourth-order valence-electron chi connectivity index (χ4n) is 2.90. The Balaban J connectivity index is 1.84. The van der Waals surface area contributed by atoms with E-state index in [1.807, 2.05) is 6.92 Å². The van der Waals surface area contributed by atoms with Gasteiger partial charge in [0.1, 0.15) is 6.04 Å². The lowest BCUT2D eigenvalue weighted by atomic mass is 9.92. The molecule has 0 spiro atoms. The largest absolute Gasteiger partial charge is 0.480 e. The first-order valence-corrected chi connectivity index (χ1v) is 7.43. The van der Waals surface area contributed by atoms with Gasteiger partial charge < -0.3 is 20.1 Å². The normalized spacial score (nSPS) is 28.1. The number of ether oxygens (including phenoxy) is 1. The average molecular weight is 284 g/mol. The lowest BCUT2D eigenvalue weighted by molar-refractivity contribution is -0.143. The lowest BCUT2D eigenvalue weighted by Gasteiger charge is -2.36. The first-order valence-electron chi connectivity index (χ1n) is 7.43. The third-order valence-corrected chi connectivity index (χ3v) is 4.29. The van der Waals surface area contributed by atoms with E-state index in [9.17, 15) is 14.7 Å². The highest BCUT2D eigenvalue weighted by Crippen LogP contribution is 2.23. The summed E-state index contributed by atoms with van der Waals surface area (Å²) in [6, 6.07) is -0.927. The Morgan fingerprint density at radius 1 is 1.30 bits per heavy atom. The van der Waals surface area contributed by atoms with Crippen LogP contribution >= 0.6 is 0 Å². The minimum Gasteiger partial charge on any atom is -0.480 e. The number of carboxylic acids is 1. The van der Waals surface area contributed by atoms with Crippen LogP contribution in [0.3, 0.4) is 0 Å². The van der Waals surface area contributed by atoms with Crippen molar-refractivity contribution in [3.8, 4) is 0 Å². The summed E-state index contributed by atoms with van der Waals surface area (Å²) in [5, 5.41) is 12.1. The number of piperidine rings is 1. The predicted octanol–water partition coefficient (Wildman–Crippen LogP) is 1.31. The number of carbonyl (C=O) groups excluding carboxylic acids is 1. The molecule has 2 atom stereocenters. The van der Waals surface area contributed by atoms with E-state index in [0.717, 1.165) is 32.5 Å². The Hall–Kier alpha value is -1.30. The zero-order valence-electron chi connectivity index (χ0n) is 12.0. The molecule has 0 aromatic carbocycles. The Morgan fingerprint density at radius 2 is 2.00 bits per heavy atom. The number of likely N-dealkylation sites (tertiary alicyclic amines) is 1. The van der Waals surface area contributed by atoms with Crippen molar-refractivity contribution in [3.05, 3.63) is 0 Å². The van der Waals surface area contributed by atoms with Crippen LogP contribution in [-0.4, -0.2) is 54.4 Å². The van der Waals surface area contributed by atoms with Gasteiger partial charge in [0.05, 0.1) is 0 Å². The molecule has 2 unspecified atom stereocenters. The fourth-order valence-corrected chi connectivity index (χ4v) is 2.90. The first-order chi connectivity index (χ1) is 9.58. The monoisotopic (exact) mass is 284 g/mol. The number of carboxylic acid groups (broad SMARTS) is 1. The topological polar surface area (TPSA) is 78.9 Å². The van der Waals surface area contributed by atoms with Crippen molar-refractivity contribution in [2.24, 2.45) is 11.8 Å². The molecule has 0 aromatic rings. The van der Waals surface area contributed by atoms with Gasteiger partial charge in [0.2, 0.25) is 0 Å². The maximum absolute atomic E-state index is 12.2. The fraction of sp³-hybridized carbons (Fsp3) is 0.857. The van der Waals surface area contributed by atoms with Gasteiger partial charge in [0, 0.05) is 26.3 Å². The van der Waals surface area contributed by atoms with E-state index in [-0.39, 0.29) is 6.03 Å². The predicted molar refractivity (Wildman–Crippen MR) is 73.5 cm³/mol. The maximum Gasteiger partial charge on any atom is 0.326 e. The summed E-state index contributed by atoms with van der Waals surface area (Å²) in [4.78, 5) is 24.9. The van der Waals surface area contributed by atoms with Gasteiger partial charge in [-0.3, -0.25) is 0 Å².